The molecule has 0 aliphatic carbocycles. The van der Waals surface area contributed by atoms with Crippen molar-refractivity contribution in [2.45, 2.75) is 7.43 Å². The third kappa shape index (κ3) is 10.7. The smallest absolute Gasteiger partial charge is 0.286 e. The number of hydrogen-bond donors (Lipinski definition) is 1. The Bertz CT molecular complexity index is 67.5. The summed E-state index contributed by atoms with van der Waals surface area (Å²) >= 11 is 0.213. The lowest BCUT2D eigenvalue weighted by Gasteiger charge is -1.86. The zero-order valence-electron chi connectivity index (χ0n) is 4.13. The van der Waals surface area contributed by atoms with Crippen LogP contribution in [0.3, 0.4) is 0 Å². The Hall–Kier alpha value is -0.220. The molecule has 0 atom stereocenters. The molecule has 0 spiro atoms. The van der Waals surface area contributed by atoms with E-state index in [4.69, 9.17) is 1.12 Å². The third-order valence-electron chi connectivity index (χ3n) is 0.151. The highest BCUT2D eigenvalue weighted by atomic mass is 32.1. The molecule has 0 heterocycles. The Morgan fingerprint density at radius 3 is 2.71 bits per heavy atom. The summed E-state index contributed by atoms with van der Waals surface area (Å²) in [5.74, 6) is 0. The van der Waals surface area contributed by atoms with Gasteiger partial charge in [0.05, 0.1) is 7.11 Å². The summed E-state index contributed by atoms with van der Waals surface area (Å²) in [6.45, 7) is 0. The van der Waals surface area contributed by atoms with E-state index in [1.54, 1.807) is 0 Å². The lowest BCUT2D eigenvalue weighted by molar-refractivity contribution is -0.203. The quantitative estimate of drug-likeness (QED) is 0.326. The molecule has 0 aromatic heterocycles. The largest absolute Gasteiger partial charge is 0.397 e. The average Bonchev–Trinajstić information content (AvgIpc) is 1.68. The van der Waals surface area contributed by atoms with E-state index in [9.17, 15) is 4.79 Å². The van der Waals surface area contributed by atoms with E-state index < -0.39 is 5.30 Å². The monoisotopic (exact) mass is 126 g/mol. The molecule has 3 nitrogen and oxygen atoms in total. The van der Waals surface area contributed by atoms with Crippen LogP contribution in [-0.4, -0.2) is 13.5 Å². The molecule has 0 aliphatic rings. The minimum absolute atomic E-state index is 0. The lowest BCUT2D eigenvalue weighted by Crippen LogP contribution is -1.88. The highest BCUT2D eigenvalue weighted by Gasteiger charge is 1.85. The Kier molecular flexibility index (Phi) is 5.60. The fourth-order valence-electron chi connectivity index (χ4n) is 0.0680. The van der Waals surface area contributed by atoms with Gasteiger partial charge in [-0.3, -0.25) is 4.89 Å². The normalized spacial score (nSPS) is 8.43. The zero-order valence-corrected chi connectivity index (χ0v) is 3.95. The van der Waals surface area contributed by atoms with Crippen molar-refractivity contribution in [3.05, 3.63) is 0 Å². The van der Waals surface area contributed by atoms with E-state index in [0.29, 0.717) is 0 Å². The van der Waals surface area contributed by atoms with E-state index in [0.717, 1.165) is 0 Å². The number of carbonyl (C=O) groups is 1. The summed E-state index contributed by atoms with van der Waals surface area (Å²) in [5.41, 5.74) is 0. The molecule has 0 rings (SSSR count). The number of hydrogen-bond acceptors (Lipinski definition) is 4. The van der Waals surface area contributed by atoms with Gasteiger partial charge < -0.3 is 0 Å². The van der Waals surface area contributed by atoms with Gasteiger partial charge in [0.25, 0.3) is 0 Å². The summed E-state index contributed by atoms with van der Waals surface area (Å²) in [6.07, 6.45) is 0. The maximum absolute atomic E-state index is 9.84. The van der Waals surface area contributed by atoms with Crippen LogP contribution in [0.5, 0.6) is 0 Å². The first-order valence-electron chi connectivity index (χ1n) is 1.60. The van der Waals surface area contributed by atoms with Crippen LogP contribution in [-0.2, 0) is 9.78 Å². The van der Waals surface area contributed by atoms with Gasteiger partial charge in [-0.1, -0.05) is 20.0 Å². The molecule has 44 valence electrons. The van der Waals surface area contributed by atoms with Crippen molar-refractivity contribution in [3.8, 4) is 0 Å². The van der Waals surface area contributed by atoms with E-state index in [-0.39, 0.29) is 20.0 Å². The molecule has 0 N–H and O–H groups in total. The molecule has 0 unspecified atom stereocenters. The number of thiol groups is 1. The molecule has 0 radical (unpaired) electrons. The molecule has 0 bridgehead atoms. The van der Waals surface area contributed by atoms with Gasteiger partial charge in [0, 0.05) is 0 Å². The molecule has 7 heavy (non-hydrogen) atoms. The molecule has 0 aromatic carbocycles. The maximum atomic E-state index is 9.84. The van der Waals surface area contributed by atoms with Crippen molar-refractivity contribution >= 4 is 17.8 Å². The predicted octanol–water partition coefficient (Wildman–Crippen LogP) is 1.25. The lowest BCUT2D eigenvalue weighted by atomic mass is 11.6. The highest BCUT2D eigenvalue weighted by Crippen LogP contribution is 1.82. The topological polar surface area (TPSA) is 35.5 Å². The second kappa shape index (κ2) is 5.78. The first kappa shape index (κ1) is 6.78. The Balaban J connectivity index is 0. The van der Waals surface area contributed by atoms with Crippen LogP contribution in [0.25, 0.3) is 0 Å². The van der Waals surface area contributed by atoms with Gasteiger partial charge in [-0.25, -0.2) is 4.79 Å². The predicted molar refractivity (Wildman–Crippen MR) is 29.2 cm³/mol. The third-order valence-corrected chi connectivity index (χ3v) is 0.219. The van der Waals surface area contributed by atoms with Crippen LogP contribution in [0.4, 0.5) is 4.79 Å². The molecular weight excluding hydrogens is 116 g/mol. The van der Waals surface area contributed by atoms with Crippen molar-refractivity contribution in [2.24, 2.45) is 0 Å². The second-order valence-electron chi connectivity index (χ2n) is 0.500. The van der Waals surface area contributed by atoms with Crippen LogP contribution in [0, 0.1) is 0 Å². The Labute approximate surface area is 49.0 Å². The first-order valence-corrected chi connectivity index (χ1v) is 1.60. The van der Waals surface area contributed by atoms with Crippen LogP contribution < -0.4 is 0 Å². The summed E-state index contributed by atoms with van der Waals surface area (Å²) in [6, 6.07) is 0. The van der Waals surface area contributed by atoms with Crippen molar-refractivity contribution in [1.82, 2.24) is 0 Å². The van der Waals surface area contributed by atoms with Crippen LogP contribution in [0.1, 0.15) is 7.43 Å². The molecule has 0 fully saturated rings. The Morgan fingerprint density at radius 1 is 2.00 bits per heavy atom. The van der Waals surface area contributed by atoms with Gasteiger partial charge in [-0.2, -0.15) is 4.89 Å². The molecule has 0 saturated carbocycles. The first-order chi connectivity index (χ1) is 3.31. The minimum atomic E-state index is -0.762. The summed E-state index contributed by atoms with van der Waals surface area (Å²) in [4.78, 5) is 17.6. The molecular formula is C3H8O3S. The Morgan fingerprint density at radius 2 is 2.57 bits per heavy atom. The van der Waals surface area contributed by atoms with Crippen LogP contribution in [0.15, 0.2) is 0 Å². The number of rotatable bonds is 1. The SMILES string of the molecule is C.[3H]SC(=O)OOC. The molecule has 0 amide bonds. The summed E-state index contributed by atoms with van der Waals surface area (Å²) in [5, 5.41) is -0.762. The second-order valence-corrected chi connectivity index (χ2v) is 0.833. The summed E-state index contributed by atoms with van der Waals surface area (Å²) in [7, 11) is 1.20. The average molecular weight is 126 g/mol. The molecule has 4 heteroatoms. The van der Waals surface area contributed by atoms with Gasteiger partial charge in [-0.05, 0) is 0 Å². The fourth-order valence-corrected chi connectivity index (χ4v) is 0.136. The van der Waals surface area contributed by atoms with Gasteiger partial charge in [0.2, 0.25) is 0 Å². The van der Waals surface area contributed by atoms with Gasteiger partial charge in [0.1, 0.15) is 1.12 Å². The van der Waals surface area contributed by atoms with Gasteiger partial charge in [0.15, 0.2) is 0 Å². The van der Waals surface area contributed by atoms with Crippen LogP contribution in [0.2, 0.25) is 0 Å². The van der Waals surface area contributed by atoms with Crippen molar-refractivity contribution in [1.29, 1.82) is 1.12 Å². The van der Waals surface area contributed by atoms with Crippen molar-refractivity contribution in [2.75, 3.05) is 7.11 Å². The number of carbonyl (C=O) groups excluding carboxylic acids is 1. The van der Waals surface area contributed by atoms with Gasteiger partial charge in [-0.15, -0.1) is 0 Å². The van der Waals surface area contributed by atoms with Crippen molar-refractivity contribution < 1.29 is 14.6 Å². The summed E-state index contributed by atoms with van der Waals surface area (Å²) < 4.78 is 6.27. The van der Waals surface area contributed by atoms with E-state index in [1.807, 2.05) is 0 Å². The highest BCUT2D eigenvalue weighted by molar-refractivity contribution is 7.96. The molecule has 0 saturated heterocycles. The molecule has 0 aliphatic heterocycles. The van der Waals surface area contributed by atoms with E-state index >= 15 is 0 Å². The van der Waals surface area contributed by atoms with E-state index in [2.05, 4.69) is 9.78 Å². The zero-order chi connectivity index (χ0) is 5.70. The van der Waals surface area contributed by atoms with Crippen molar-refractivity contribution in [3.63, 3.8) is 0 Å². The van der Waals surface area contributed by atoms with E-state index in [1.165, 1.54) is 7.11 Å². The fraction of sp³-hybridized carbons (Fsp3) is 0.667. The maximum Gasteiger partial charge on any atom is 0.397 e. The molecule has 0 aromatic rings. The standard InChI is InChI=1S/C2H4O3S.CH4/c1-4-5-2(3)6;/h1H3,(H,3,6);1H4/i/hT. The minimum Gasteiger partial charge on any atom is -0.286 e. The van der Waals surface area contributed by atoms with Crippen LogP contribution >= 0.6 is 12.5 Å². The van der Waals surface area contributed by atoms with Gasteiger partial charge >= 0.3 is 5.30 Å².